The highest BCUT2D eigenvalue weighted by Gasteiger charge is 2.19. The van der Waals surface area contributed by atoms with Crippen LogP contribution in [0.2, 0.25) is 0 Å². The Hall–Kier alpha value is -3.45. The van der Waals surface area contributed by atoms with E-state index in [0.29, 0.717) is 5.56 Å². The molecule has 0 aromatic heterocycles. The van der Waals surface area contributed by atoms with Crippen molar-refractivity contribution in [3.8, 4) is 0 Å². The number of benzene rings is 3. The van der Waals surface area contributed by atoms with E-state index in [9.17, 15) is 18.3 Å². The molecule has 0 saturated heterocycles. The first-order chi connectivity index (χ1) is 14.3. The summed E-state index contributed by atoms with van der Waals surface area (Å²) in [6.45, 7) is 1.86. The lowest BCUT2D eigenvalue weighted by atomic mass is 10.1. The van der Waals surface area contributed by atoms with Gasteiger partial charge in [0.05, 0.1) is 16.9 Å². The third-order valence-corrected chi connectivity index (χ3v) is 5.79. The van der Waals surface area contributed by atoms with Gasteiger partial charge < -0.3 is 9.90 Å². The maximum absolute atomic E-state index is 12.9. The summed E-state index contributed by atoms with van der Waals surface area (Å²) in [6.07, 6.45) is 0.0752. The third-order valence-electron chi connectivity index (χ3n) is 4.44. The molecule has 0 unspecified atom stereocenters. The zero-order valence-electron chi connectivity index (χ0n) is 16.4. The number of sulfonamides is 1. The number of hydrogen-bond acceptors (Lipinski definition) is 5. The fourth-order valence-corrected chi connectivity index (χ4v) is 3.87. The van der Waals surface area contributed by atoms with Crippen molar-refractivity contribution in [1.82, 2.24) is 4.72 Å². The Morgan fingerprint density at radius 2 is 1.50 bits per heavy atom. The van der Waals surface area contributed by atoms with E-state index in [4.69, 9.17) is 0 Å². The van der Waals surface area contributed by atoms with Crippen molar-refractivity contribution in [2.45, 2.75) is 24.3 Å². The first-order valence-electron chi connectivity index (χ1n) is 9.32. The molecular formula is C23H21N2O4S-. The standard InChI is InChI=1S/C23H22N2O4S/c1-17-12-14-20(15-13-17)30(28,29)25-22(19-10-6-3-7-11-19)24-21(23(26)27)16-18-8-4-2-5-9-18/h2-15,21H,16H2,1H3,(H,24,25)(H,26,27)/p-1/t21-/m0/s1. The molecule has 154 valence electrons. The second-order valence-corrected chi connectivity index (χ2v) is 8.47. The van der Waals surface area contributed by atoms with Crippen molar-refractivity contribution >= 4 is 21.8 Å². The highest BCUT2D eigenvalue weighted by atomic mass is 32.2. The summed E-state index contributed by atoms with van der Waals surface area (Å²) < 4.78 is 28.2. The topological polar surface area (TPSA) is 98.7 Å². The Balaban J connectivity index is 1.99. The van der Waals surface area contributed by atoms with E-state index in [-0.39, 0.29) is 17.2 Å². The summed E-state index contributed by atoms with van der Waals surface area (Å²) in [5, 5.41) is 11.7. The Labute approximate surface area is 176 Å². The maximum atomic E-state index is 12.9. The Bertz CT molecular complexity index is 1130. The van der Waals surface area contributed by atoms with Crippen molar-refractivity contribution in [3.63, 3.8) is 0 Å². The number of carbonyl (C=O) groups excluding carboxylic acids is 1. The van der Waals surface area contributed by atoms with Gasteiger partial charge in [0.1, 0.15) is 5.84 Å². The molecule has 30 heavy (non-hydrogen) atoms. The van der Waals surface area contributed by atoms with E-state index < -0.39 is 22.0 Å². The number of nitrogens with one attached hydrogen (secondary N) is 1. The molecule has 1 N–H and O–H groups in total. The molecule has 0 saturated carbocycles. The van der Waals surface area contributed by atoms with Crippen LogP contribution < -0.4 is 9.83 Å². The zero-order valence-corrected chi connectivity index (χ0v) is 17.2. The van der Waals surface area contributed by atoms with Crippen LogP contribution in [0.3, 0.4) is 0 Å². The molecule has 7 heteroatoms. The Kier molecular flexibility index (Phi) is 6.64. The van der Waals surface area contributed by atoms with E-state index >= 15 is 0 Å². The molecule has 1 atom stereocenters. The van der Waals surface area contributed by atoms with E-state index in [1.54, 1.807) is 66.7 Å². The van der Waals surface area contributed by atoms with E-state index in [0.717, 1.165) is 11.1 Å². The lowest BCUT2D eigenvalue weighted by Gasteiger charge is -2.18. The van der Waals surface area contributed by atoms with E-state index in [2.05, 4.69) is 9.71 Å². The summed E-state index contributed by atoms with van der Waals surface area (Å²) in [4.78, 5) is 16.0. The van der Waals surface area contributed by atoms with Crippen molar-refractivity contribution in [2.24, 2.45) is 4.99 Å². The van der Waals surface area contributed by atoms with Crippen molar-refractivity contribution in [3.05, 3.63) is 102 Å². The highest BCUT2D eigenvalue weighted by Crippen LogP contribution is 2.13. The number of aryl methyl sites for hydroxylation is 1. The van der Waals surface area contributed by atoms with Gasteiger partial charge in [0.15, 0.2) is 0 Å². The van der Waals surface area contributed by atoms with Gasteiger partial charge in [0, 0.05) is 12.0 Å². The number of hydrogen-bond donors (Lipinski definition) is 1. The van der Waals surface area contributed by atoms with Crippen LogP contribution in [0.5, 0.6) is 0 Å². The molecule has 0 aliphatic heterocycles. The molecule has 0 heterocycles. The van der Waals surface area contributed by atoms with Gasteiger partial charge in [0.2, 0.25) is 0 Å². The molecule has 3 rings (SSSR count). The van der Waals surface area contributed by atoms with Gasteiger partial charge in [-0.3, -0.25) is 9.71 Å². The minimum Gasteiger partial charge on any atom is -0.548 e. The monoisotopic (exact) mass is 421 g/mol. The number of amidine groups is 1. The van der Waals surface area contributed by atoms with Crippen molar-refractivity contribution in [1.29, 1.82) is 0 Å². The summed E-state index contributed by atoms with van der Waals surface area (Å²) in [7, 11) is -3.96. The average Bonchev–Trinajstić information content (AvgIpc) is 2.74. The summed E-state index contributed by atoms with van der Waals surface area (Å²) in [5.41, 5.74) is 2.13. The Morgan fingerprint density at radius 1 is 0.933 bits per heavy atom. The normalized spacial score (nSPS) is 12.9. The lowest BCUT2D eigenvalue weighted by Crippen LogP contribution is -2.39. The SMILES string of the molecule is Cc1ccc(S(=O)(=O)NC(=N[C@@H](Cc2ccccc2)C(=O)[O-])c2ccccc2)cc1. The highest BCUT2D eigenvalue weighted by molar-refractivity contribution is 7.90. The Morgan fingerprint density at radius 3 is 2.07 bits per heavy atom. The molecule has 3 aromatic carbocycles. The van der Waals surface area contributed by atoms with Gasteiger partial charge in [-0.15, -0.1) is 0 Å². The predicted molar refractivity (Wildman–Crippen MR) is 113 cm³/mol. The van der Waals surface area contributed by atoms with Crippen LogP contribution in [-0.4, -0.2) is 26.3 Å². The summed E-state index contributed by atoms with van der Waals surface area (Å²) in [6, 6.07) is 22.6. The number of carboxylic acid groups (broad SMARTS) is 1. The quantitative estimate of drug-likeness (QED) is 0.466. The van der Waals surface area contributed by atoms with Gasteiger partial charge in [0.25, 0.3) is 10.0 Å². The predicted octanol–water partition coefficient (Wildman–Crippen LogP) is 2.08. The van der Waals surface area contributed by atoms with Crippen LogP contribution >= 0.6 is 0 Å². The van der Waals surface area contributed by atoms with Crippen LogP contribution in [0, 0.1) is 6.92 Å². The minimum absolute atomic E-state index is 0.0543. The number of nitrogens with zero attached hydrogens (tertiary/aromatic N) is 1. The maximum Gasteiger partial charge on any atom is 0.263 e. The molecule has 0 aliphatic rings. The van der Waals surface area contributed by atoms with Crippen molar-refractivity contribution in [2.75, 3.05) is 0 Å². The largest absolute Gasteiger partial charge is 0.548 e. The molecule has 0 amide bonds. The average molecular weight is 421 g/mol. The zero-order chi connectivity index (χ0) is 21.6. The number of carboxylic acids is 1. The number of rotatable bonds is 7. The molecule has 0 aliphatic carbocycles. The molecule has 6 nitrogen and oxygen atoms in total. The molecule has 0 bridgehead atoms. The van der Waals surface area contributed by atoms with Crippen LogP contribution in [0.15, 0.2) is 94.8 Å². The third kappa shape index (κ3) is 5.55. The lowest BCUT2D eigenvalue weighted by molar-refractivity contribution is -0.307. The molecule has 0 radical (unpaired) electrons. The van der Waals surface area contributed by atoms with Crippen LogP contribution in [0.1, 0.15) is 16.7 Å². The first kappa shape index (κ1) is 21.3. The van der Waals surface area contributed by atoms with Gasteiger partial charge in [-0.05, 0) is 24.6 Å². The summed E-state index contributed by atoms with van der Waals surface area (Å²) in [5.74, 6) is -1.44. The van der Waals surface area contributed by atoms with Crippen molar-refractivity contribution < 1.29 is 18.3 Å². The van der Waals surface area contributed by atoms with E-state index in [1.165, 1.54) is 12.1 Å². The fourth-order valence-electron chi connectivity index (χ4n) is 2.83. The van der Waals surface area contributed by atoms with Crippen LogP contribution in [-0.2, 0) is 21.2 Å². The van der Waals surface area contributed by atoms with E-state index in [1.807, 2.05) is 13.0 Å². The molecule has 0 spiro atoms. The molecule has 3 aromatic rings. The fraction of sp³-hybridized carbons (Fsp3) is 0.130. The smallest absolute Gasteiger partial charge is 0.263 e. The van der Waals surface area contributed by atoms with Gasteiger partial charge >= 0.3 is 0 Å². The first-order valence-corrected chi connectivity index (χ1v) is 10.8. The number of aliphatic carboxylic acids is 1. The molecule has 0 fully saturated rings. The second kappa shape index (κ2) is 9.37. The summed E-state index contributed by atoms with van der Waals surface area (Å²) >= 11 is 0. The molecular weight excluding hydrogens is 400 g/mol. The second-order valence-electron chi connectivity index (χ2n) is 6.79. The van der Waals surface area contributed by atoms with Crippen LogP contribution in [0.4, 0.5) is 0 Å². The number of carbonyl (C=O) groups is 1. The number of aliphatic imine (C=N–C) groups is 1. The van der Waals surface area contributed by atoms with Gasteiger partial charge in [-0.25, -0.2) is 8.42 Å². The van der Waals surface area contributed by atoms with Gasteiger partial charge in [-0.2, -0.15) is 0 Å². The van der Waals surface area contributed by atoms with Gasteiger partial charge in [-0.1, -0.05) is 78.4 Å². The van der Waals surface area contributed by atoms with Crippen LogP contribution in [0.25, 0.3) is 0 Å². The minimum atomic E-state index is -3.96.